The summed E-state index contributed by atoms with van der Waals surface area (Å²) in [6.07, 6.45) is -1.03. The van der Waals surface area contributed by atoms with Crippen LogP contribution in [0.25, 0.3) is 0 Å². The standard InChI is InChI=1S/C22H22ClF3N4O4S/c1-34-21(33)16-15(9-30-8-11(20(31)32)7-22(25,26)10-30)28-18(19-27-4-5-35-19)29-17(16)13-3-2-12(24)6-14(13)23/h2-6,11,17,20,31-32H,7-10H2,1H3,(H,28,29)/t11?,17-/m0/s1. The number of nitrogens with one attached hydrogen (secondary N) is 1. The van der Waals surface area contributed by atoms with E-state index in [1.165, 1.54) is 35.5 Å². The minimum Gasteiger partial charge on any atom is -0.466 e. The number of piperidine rings is 1. The highest BCUT2D eigenvalue weighted by Crippen LogP contribution is 2.38. The number of carbonyl (C=O) groups is 1. The van der Waals surface area contributed by atoms with E-state index >= 15 is 0 Å². The van der Waals surface area contributed by atoms with Crippen LogP contribution in [0.1, 0.15) is 23.0 Å². The van der Waals surface area contributed by atoms with Crippen molar-refractivity contribution in [2.45, 2.75) is 24.7 Å². The van der Waals surface area contributed by atoms with Gasteiger partial charge in [0.15, 0.2) is 17.1 Å². The predicted octanol–water partition coefficient (Wildman–Crippen LogP) is 2.72. The number of aliphatic hydroxyl groups excluding tert-OH is 1. The third-order valence-corrected chi connectivity index (χ3v) is 6.84. The van der Waals surface area contributed by atoms with E-state index in [1.807, 2.05) is 0 Å². The Bertz CT molecular complexity index is 1160. The van der Waals surface area contributed by atoms with Crippen LogP contribution < -0.4 is 5.32 Å². The lowest BCUT2D eigenvalue weighted by molar-refractivity contribution is -0.155. The molecule has 8 nitrogen and oxygen atoms in total. The summed E-state index contributed by atoms with van der Waals surface area (Å²) < 4.78 is 47.5. The molecule has 1 unspecified atom stereocenters. The highest BCUT2D eigenvalue weighted by Gasteiger charge is 2.43. The summed E-state index contributed by atoms with van der Waals surface area (Å²) in [5.74, 6) is -5.33. The van der Waals surface area contributed by atoms with Crippen molar-refractivity contribution in [2.75, 3.05) is 26.7 Å². The van der Waals surface area contributed by atoms with Crippen molar-refractivity contribution in [2.24, 2.45) is 10.9 Å². The lowest BCUT2D eigenvalue weighted by Crippen LogP contribution is -2.52. The first-order chi connectivity index (χ1) is 16.6. The van der Waals surface area contributed by atoms with Crippen LogP contribution >= 0.6 is 22.9 Å². The summed E-state index contributed by atoms with van der Waals surface area (Å²) in [5.41, 5.74) is 0.539. The van der Waals surface area contributed by atoms with Gasteiger partial charge >= 0.3 is 5.97 Å². The molecule has 1 fully saturated rings. The number of carbonyl (C=O) groups excluding carboxylic acids is 1. The Kier molecular flexibility index (Phi) is 7.48. The summed E-state index contributed by atoms with van der Waals surface area (Å²) >= 11 is 7.56. The monoisotopic (exact) mass is 530 g/mol. The molecule has 2 aromatic rings. The van der Waals surface area contributed by atoms with E-state index in [9.17, 15) is 28.2 Å². The first kappa shape index (κ1) is 25.6. The second-order valence-electron chi connectivity index (χ2n) is 8.30. The van der Waals surface area contributed by atoms with Crippen molar-refractivity contribution >= 4 is 34.7 Å². The van der Waals surface area contributed by atoms with E-state index in [0.717, 1.165) is 6.07 Å². The highest BCUT2D eigenvalue weighted by molar-refractivity contribution is 7.11. The molecule has 0 amide bonds. The largest absolute Gasteiger partial charge is 0.466 e. The third-order valence-electron chi connectivity index (χ3n) is 5.74. The number of benzene rings is 1. The Morgan fingerprint density at radius 1 is 1.43 bits per heavy atom. The third kappa shape index (κ3) is 5.67. The molecule has 2 atom stereocenters. The van der Waals surface area contributed by atoms with Gasteiger partial charge in [-0.05, 0) is 12.1 Å². The van der Waals surface area contributed by atoms with Crippen molar-refractivity contribution in [1.29, 1.82) is 0 Å². The number of halogens is 4. The number of aliphatic imine (C=N–C) groups is 1. The molecule has 1 aromatic carbocycles. The van der Waals surface area contributed by atoms with Gasteiger partial charge in [-0.25, -0.2) is 22.9 Å². The summed E-state index contributed by atoms with van der Waals surface area (Å²) in [4.78, 5) is 23.1. The van der Waals surface area contributed by atoms with E-state index in [2.05, 4.69) is 15.3 Å². The number of esters is 1. The number of nitrogens with zero attached hydrogens (tertiary/aromatic N) is 3. The summed E-state index contributed by atoms with van der Waals surface area (Å²) in [6, 6.07) is 2.62. The van der Waals surface area contributed by atoms with Crippen LogP contribution in [0.2, 0.25) is 5.02 Å². The van der Waals surface area contributed by atoms with E-state index < -0.39 is 48.9 Å². The fourth-order valence-electron chi connectivity index (χ4n) is 4.25. The predicted molar refractivity (Wildman–Crippen MR) is 123 cm³/mol. The SMILES string of the molecule is COC(=O)C1=C(CN2CC(C(O)O)CC(F)(F)C2)NC(c2nccs2)=N[C@H]1c1ccc(F)cc1Cl. The minimum atomic E-state index is -3.17. The zero-order valence-corrected chi connectivity index (χ0v) is 20.0. The fraction of sp³-hybridized carbons (Fsp3) is 0.409. The number of likely N-dealkylation sites (tertiary alicyclic amines) is 1. The lowest BCUT2D eigenvalue weighted by Gasteiger charge is -2.39. The molecular weight excluding hydrogens is 509 g/mol. The normalized spacial score (nSPS) is 22.7. The van der Waals surface area contributed by atoms with Crippen LogP contribution in [-0.2, 0) is 9.53 Å². The number of amidine groups is 1. The van der Waals surface area contributed by atoms with Gasteiger partial charge in [-0.1, -0.05) is 17.7 Å². The Balaban J connectivity index is 1.79. The number of ether oxygens (including phenoxy) is 1. The number of methoxy groups -OCH3 is 1. The van der Waals surface area contributed by atoms with Gasteiger partial charge in [0.25, 0.3) is 5.92 Å². The van der Waals surface area contributed by atoms with Crippen molar-refractivity contribution in [3.05, 3.63) is 62.5 Å². The topological polar surface area (TPSA) is 107 Å². The Morgan fingerprint density at radius 3 is 2.83 bits per heavy atom. The quantitative estimate of drug-likeness (QED) is 0.389. The van der Waals surface area contributed by atoms with Gasteiger partial charge in [0.05, 0.1) is 19.2 Å². The molecule has 0 bridgehead atoms. The van der Waals surface area contributed by atoms with Gasteiger partial charge in [0.1, 0.15) is 11.9 Å². The second-order valence-corrected chi connectivity index (χ2v) is 9.60. The van der Waals surface area contributed by atoms with Gasteiger partial charge in [-0.15, -0.1) is 11.3 Å². The minimum absolute atomic E-state index is 0.0105. The van der Waals surface area contributed by atoms with Gasteiger partial charge < -0.3 is 20.3 Å². The van der Waals surface area contributed by atoms with Crippen LogP contribution in [-0.4, -0.2) is 70.9 Å². The van der Waals surface area contributed by atoms with Crippen molar-refractivity contribution in [3.8, 4) is 0 Å². The van der Waals surface area contributed by atoms with Crippen molar-refractivity contribution in [3.63, 3.8) is 0 Å². The van der Waals surface area contributed by atoms with Gasteiger partial charge in [0.2, 0.25) is 0 Å². The molecule has 188 valence electrons. The molecule has 13 heteroatoms. The zero-order chi connectivity index (χ0) is 25.3. The maximum Gasteiger partial charge on any atom is 0.338 e. The number of hydrogen-bond acceptors (Lipinski definition) is 9. The van der Waals surface area contributed by atoms with E-state index in [-0.39, 0.29) is 35.2 Å². The van der Waals surface area contributed by atoms with Crippen molar-refractivity contribution < 1.29 is 32.9 Å². The smallest absolute Gasteiger partial charge is 0.338 e. The number of thiazole rings is 1. The molecule has 3 N–H and O–H groups in total. The fourth-order valence-corrected chi connectivity index (χ4v) is 5.11. The molecule has 0 spiro atoms. The van der Waals surface area contributed by atoms with E-state index in [4.69, 9.17) is 16.3 Å². The molecule has 0 aliphatic carbocycles. The van der Waals surface area contributed by atoms with Crippen LogP contribution in [0.4, 0.5) is 13.2 Å². The summed E-state index contributed by atoms with van der Waals surface area (Å²) in [5, 5.41) is 24.3. The van der Waals surface area contributed by atoms with E-state index in [0.29, 0.717) is 10.6 Å². The molecule has 2 aliphatic rings. The average Bonchev–Trinajstić information content (AvgIpc) is 3.32. The Morgan fingerprint density at radius 2 is 2.20 bits per heavy atom. The molecule has 0 radical (unpaired) electrons. The number of aliphatic hydroxyl groups is 2. The molecule has 3 heterocycles. The number of hydrogen-bond donors (Lipinski definition) is 3. The summed E-state index contributed by atoms with van der Waals surface area (Å²) in [6.45, 7) is -0.872. The number of rotatable bonds is 6. The molecule has 2 aliphatic heterocycles. The number of aromatic nitrogens is 1. The lowest BCUT2D eigenvalue weighted by atomic mass is 9.92. The van der Waals surface area contributed by atoms with E-state index in [1.54, 1.807) is 11.6 Å². The molecule has 0 saturated carbocycles. The van der Waals surface area contributed by atoms with Crippen LogP contribution in [0.3, 0.4) is 0 Å². The molecule has 4 rings (SSSR count). The van der Waals surface area contributed by atoms with Crippen LogP contribution in [0.5, 0.6) is 0 Å². The molecule has 1 saturated heterocycles. The Labute approximate surface area is 207 Å². The first-order valence-corrected chi connectivity index (χ1v) is 11.8. The van der Waals surface area contributed by atoms with Crippen LogP contribution in [0, 0.1) is 11.7 Å². The highest BCUT2D eigenvalue weighted by atomic mass is 35.5. The molecule has 35 heavy (non-hydrogen) atoms. The zero-order valence-electron chi connectivity index (χ0n) is 18.4. The maximum absolute atomic E-state index is 14.4. The van der Waals surface area contributed by atoms with Crippen molar-refractivity contribution in [1.82, 2.24) is 15.2 Å². The average molecular weight is 531 g/mol. The molecular formula is C22H22ClF3N4O4S. The maximum atomic E-state index is 14.4. The van der Waals surface area contributed by atoms with Gasteiger partial charge in [-0.3, -0.25) is 9.89 Å². The second kappa shape index (κ2) is 10.2. The molecule has 1 aromatic heterocycles. The summed E-state index contributed by atoms with van der Waals surface area (Å²) in [7, 11) is 1.17. The first-order valence-electron chi connectivity index (χ1n) is 10.6. The van der Waals surface area contributed by atoms with Gasteiger partial charge in [-0.2, -0.15) is 0 Å². The number of alkyl halides is 2. The van der Waals surface area contributed by atoms with Gasteiger partial charge in [0, 0.05) is 53.3 Å². The Hall–Kier alpha value is -2.51. The van der Waals surface area contributed by atoms with Crippen LogP contribution in [0.15, 0.2) is 46.0 Å².